The van der Waals surface area contributed by atoms with Crippen molar-refractivity contribution in [2.24, 2.45) is 0 Å². The van der Waals surface area contributed by atoms with Crippen LogP contribution in [0.15, 0.2) is 47.5 Å². The number of hydrogen-bond donors (Lipinski definition) is 1. The van der Waals surface area contributed by atoms with E-state index in [2.05, 4.69) is 9.71 Å². The number of sulfonamides is 1. The second-order valence-corrected chi connectivity index (χ2v) is 6.44. The minimum atomic E-state index is -3.66. The Labute approximate surface area is 121 Å². The maximum Gasteiger partial charge on any atom is 0.241 e. The normalized spacial score (nSPS) is 17.6. The molecule has 1 aliphatic heterocycles. The summed E-state index contributed by atoms with van der Waals surface area (Å²) in [5, 5.41) is 0.135. The molecule has 0 amide bonds. The molecule has 0 fully saturated rings. The van der Waals surface area contributed by atoms with Crippen LogP contribution in [0.4, 0.5) is 0 Å². The third kappa shape index (κ3) is 2.49. The fourth-order valence-corrected chi connectivity index (χ4v) is 3.52. The fraction of sp³-hybridized carbons (Fsp3) is 0.154. The summed E-state index contributed by atoms with van der Waals surface area (Å²) in [5.74, 6) is 0.702. The molecule has 0 bridgehead atoms. The summed E-state index contributed by atoms with van der Waals surface area (Å²) < 4.78 is 32.7. The number of aromatic nitrogens is 1. The fourth-order valence-electron chi connectivity index (χ4n) is 2.07. The molecule has 2 heterocycles. The van der Waals surface area contributed by atoms with E-state index in [1.54, 1.807) is 0 Å². The summed E-state index contributed by atoms with van der Waals surface area (Å²) in [5.41, 5.74) is 0.830. The van der Waals surface area contributed by atoms with Gasteiger partial charge in [-0.3, -0.25) is 0 Å². The molecule has 1 aromatic carbocycles. The number of hydrogen-bond acceptors (Lipinski definition) is 4. The van der Waals surface area contributed by atoms with Crippen LogP contribution >= 0.6 is 11.6 Å². The third-order valence-corrected chi connectivity index (χ3v) is 4.68. The Morgan fingerprint density at radius 1 is 1.30 bits per heavy atom. The summed E-state index contributed by atoms with van der Waals surface area (Å²) in [6, 6.07) is 9.66. The molecule has 1 aliphatic rings. The number of pyridine rings is 1. The van der Waals surface area contributed by atoms with Gasteiger partial charge in [0.2, 0.25) is 10.0 Å². The topological polar surface area (TPSA) is 68.3 Å². The number of ether oxygens (including phenoxy) is 1. The van der Waals surface area contributed by atoms with Gasteiger partial charge in [-0.1, -0.05) is 29.8 Å². The van der Waals surface area contributed by atoms with Gasteiger partial charge in [0.1, 0.15) is 17.5 Å². The SMILES string of the molecule is O=S(=O)(NC1COc2ccccc21)c1ccnc(Cl)c1. The largest absolute Gasteiger partial charge is 0.491 e. The number of benzene rings is 1. The molecule has 1 unspecified atom stereocenters. The number of halogens is 1. The zero-order valence-electron chi connectivity index (χ0n) is 10.3. The Morgan fingerprint density at radius 2 is 2.10 bits per heavy atom. The molecule has 20 heavy (non-hydrogen) atoms. The van der Waals surface area contributed by atoms with E-state index in [1.807, 2.05) is 24.3 Å². The Balaban J connectivity index is 1.89. The molecule has 5 nitrogen and oxygen atoms in total. The van der Waals surface area contributed by atoms with Crippen molar-refractivity contribution in [3.8, 4) is 5.75 Å². The van der Waals surface area contributed by atoms with Crippen molar-refractivity contribution >= 4 is 21.6 Å². The summed E-state index contributed by atoms with van der Waals surface area (Å²) >= 11 is 5.72. The molecule has 1 N–H and O–H groups in total. The van der Waals surface area contributed by atoms with Crippen LogP contribution in [0, 0.1) is 0 Å². The van der Waals surface area contributed by atoms with Crippen LogP contribution in [0.25, 0.3) is 0 Å². The summed E-state index contributed by atoms with van der Waals surface area (Å²) in [4.78, 5) is 3.85. The van der Waals surface area contributed by atoms with Crippen LogP contribution in [-0.4, -0.2) is 20.0 Å². The average Bonchev–Trinajstić information content (AvgIpc) is 2.82. The summed E-state index contributed by atoms with van der Waals surface area (Å²) in [6.07, 6.45) is 1.36. The maximum absolute atomic E-state index is 12.3. The lowest BCUT2D eigenvalue weighted by Gasteiger charge is -2.12. The van der Waals surface area contributed by atoms with Crippen molar-refractivity contribution < 1.29 is 13.2 Å². The van der Waals surface area contributed by atoms with E-state index < -0.39 is 16.1 Å². The van der Waals surface area contributed by atoms with E-state index in [0.717, 1.165) is 5.56 Å². The molecule has 3 rings (SSSR count). The maximum atomic E-state index is 12.3. The predicted octanol–water partition coefficient (Wildman–Crippen LogP) is 2.15. The highest BCUT2D eigenvalue weighted by atomic mass is 35.5. The van der Waals surface area contributed by atoms with E-state index in [4.69, 9.17) is 16.3 Å². The molecule has 1 aromatic heterocycles. The molecule has 7 heteroatoms. The lowest BCUT2D eigenvalue weighted by atomic mass is 10.1. The van der Waals surface area contributed by atoms with Crippen molar-refractivity contribution in [3.05, 3.63) is 53.3 Å². The second kappa shape index (κ2) is 5.05. The Hall–Kier alpha value is -1.63. The molecule has 0 saturated heterocycles. The van der Waals surface area contributed by atoms with Crippen molar-refractivity contribution in [1.82, 2.24) is 9.71 Å². The lowest BCUT2D eigenvalue weighted by molar-refractivity contribution is 0.325. The smallest absolute Gasteiger partial charge is 0.241 e. The molecule has 1 atom stereocenters. The van der Waals surface area contributed by atoms with Gasteiger partial charge in [-0.2, -0.15) is 0 Å². The van der Waals surface area contributed by atoms with E-state index in [9.17, 15) is 8.42 Å². The van der Waals surface area contributed by atoms with E-state index in [-0.39, 0.29) is 16.7 Å². The summed E-state index contributed by atoms with van der Waals surface area (Å²) in [6.45, 7) is 0.275. The minimum Gasteiger partial charge on any atom is -0.491 e. The molecular formula is C13H11ClN2O3S. The first-order chi connectivity index (χ1) is 9.56. The first-order valence-corrected chi connectivity index (χ1v) is 7.78. The zero-order valence-corrected chi connectivity index (χ0v) is 11.9. The van der Waals surface area contributed by atoms with E-state index in [1.165, 1.54) is 18.3 Å². The average molecular weight is 311 g/mol. The van der Waals surface area contributed by atoms with Crippen molar-refractivity contribution in [2.75, 3.05) is 6.61 Å². The highest BCUT2D eigenvalue weighted by molar-refractivity contribution is 7.89. The molecule has 0 spiro atoms. The molecule has 0 saturated carbocycles. The molecule has 2 aromatic rings. The number of fused-ring (bicyclic) bond motifs is 1. The van der Waals surface area contributed by atoms with Crippen molar-refractivity contribution in [1.29, 1.82) is 0 Å². The van der Waals surface area contributed by atoms with Crippen LogP contribution < -0.4 is 9.46 Å². The Kier molecular flexibility index (Phi) is 3.37. The highest BCUT2D eigenvalue weighted by Crippen LogP contribution is 2.32. The first-order valence-electron chi connectivity index (χ1n) is 5.92. The van der Waals surface area contributed by atoms with Gasteiger partial charge in [-0.05, 0) is 18.2 Å². The monoisotopic (exact) mass is 310 g/mol. The van der Waals surface area contributed by atoms with E-state index in [0.29, 0.717) is 5.75 Å². The van der Waals surface area contributed by atoms with Gasteiger partial charge >= 0.3 is 0 Å². The highest BCUT2D eigenvalue weighted by Gasteiger charge is 2.28. The standard InChI is InChI=1S/C13H11ClN2O3S/c14-13-7-9(5-6-15-13)20(17,18)16-11-8-19-12-4-2-1-3-10(11)12/h1-7,11,16H,8H2. The quantitative estimate of drug-likeness (QED) is 0.882. The van der Waals surface area contributed by atoms with Crippen molar-refractivity contribution in [3.63, 3.8) is 0 Å². The van der Waals surface area contributed by atoms with Crippen LogP contribution in [-0.2, 0) is 10.0 Å². The van der Waals surface area contributed by atoms with Gasteiger partial charge in [-0.15, -0.1) is 0 Å². The third-order valence-electron chi connectivity index (χ3n) is 3.01. The van der Waals surface area contributed by atoms with Gasteiger partial charge in [0.05, 0.1) is 10.9 Å². The molecule has 0 aliphatic carbocycles. The van der Waals surface area contributed by atoms with Gasteiger partial charge in [0.15, 0.2) is 0 Å². The summed E-state index contributed by atoms with van der Waals surface area (Å²) in [7, 11) is -3.66. The van der Waals surface area contributed by atoms with Gasteiger partial charge < -0.3 is 4.74 Å². The first kappa shape index (κ1) is 13.4. The lowest BCUT2D eigenvalue weighted by Crippen LogP contribution is -2.29. The van der Waals surface area contributed by atoms with Gasteiger partial charge in [-0.25, -0.2) is 18.1 Å². The number of nitrogens with one attached hydrogen (secondary N) is 1. The van der Waals surface area contributed by atoms with Gasteiger partial charge in [0, 0.05) is 11.8 Å². The number of nitrogens with zero attached hydrogens (tertiary/aromatic N) is 1. The Bertz CT molecular complexity index is 749. The number of para-hydroxylation sites is 1. The minimum absolute atomic E-state index is 0.0851. The second-order valence-electron chi connectivity index (χ2n) is 4.34. The zero-order chi connectivity index (χ0) is 14.2. The molecular weight excluding hydrogens is 300 g/mol. The number of rotatable bonds is 3. The Morgan fingerprint density at radius 3 is 2.90 bits per heavy atom. The predicted molar refractivity (Wildman–Crippen MR) is 74.2 cm³/mol. The molecule has 0 radical (unpaired) electrons. The van der Waals surface area contributed by atoms with Gasteiger partial charge in [0.25, 0.3) is 0 Å². The van der Waals surface area contributed by atoms with Crippen molar-refractivity contribution in [2.45, 2.75) is 10.9 Å². The van der Waals surface area contributed by atoms with E-state index >= 15 is 0 Å². The van der Waals surface area contributed by atoms with Crippen LogP contribution in [0.3, 0.4) is 0 Å². The van der Waals surface area contributed by atoms with Crippen LogP contribution in [0.1, 0.15) is 11.6 Å². The van der Waals surface area contributed by atoms with Crippen LogP contribution in [0.5, 0.6) is 5.75 Å². The van der Waals surface area contributed by atoms with Crippen LogP contribution in [0.2, 0.25) is 5.15 Å². The molecule has 104 valence electrons.